The SMILES string of the molecule is CS(=O)(=O)Nc1ccccc1CCc1ccc(C(=O)O)c(Nc2ccc(F)cc2)c1. The molecule has 6 nitrogen and oxygen atoms in total. The zero-order chi connectivity index (χ0) is 21.7. The summed E-state index contributed by atoms with van der Waals surface area (Å²) >= 11 is 0. The highest BCUT2D eigenvalue weighted by Crippen LogP contribution is 2.25. The highest BCUT2D eigenvalue weighted by Gasteiger charge is 2.12. The zero-order valence-electron chi connectivity index (χ0n) is 16.2. The molecule has 3 aromatic carbocycles. The summed E-state index contributed by atoms with van der Waals surface area (Å²) in [5, 5.41) is 12.5. The van der Waals surface area contributed by atoms with Gasteiger partial charge in [-0.05, 0) is 66.4 Å². The summed E-state index contributed by atoms with van der Waals surface area (Å²) in [7, 11) is -3.39. The van der Waals surface area contributed by atoms with Crippen molar-refractivity contribution >= 4 is 33.1 Å². The molecule has 3 rings (SSSR count). The Labute approximate surface area is 174 Å². The number of hydrogen-bond acceptors (Lipinski definition) is 4. The number of halogens is 1. The summed E-state index contributed by atoms with van der Waals surface area (Å²) in [4.78, 5) is 11.6. The summed E-state index contributed by atoms with van der Waals surface area (Å²) < 4.78 is 38.8. The Hall–Kier alpha value is -3.39. The number of hydrogen-bond donors (Lipinski definition) is 3. The number of sulfonamides is 1. The van der Waals surface area contributed by atoms with Gasteiger partial charge in [-0.25, -0.2) is 17.6 Å². The van der Waals surface area contributed by atoms with Gasteiger partial charge in [-0.15, -0.1) is 0 Å². The Morgan fingerprint density at radius 2 is 1.67 bits per heavy atom. The Morgan fingerprint density at radius 3 is 2.33 bits per heavy atom. The van der Waals surface area contributed by atoms with Crippen molar-refractivity contribution < 1.29 is 22.7 Å². The first-order valence-corrected chi connectivity index (χ1v) is 11.0. The van der Waals surface area contributed by atoms with Crippen LogP contribution in [0.25, 0.3) is 0 Å². The quantitative estimate of drug-likeness (QED) is 0.494. The molecule has 0 heterocycles. The molecule has 0 bridgehead atoms. The number of benzene rings is 3. The maximum absolute atomic E-state index is 13.1. The van der Waals surface area contributed by atoms with Crippen LogP contribution in [0.3, 0.4) is 0 Å². The molecule has 0 saturated heterocycles. The van der Waals surface area contributed by atoms with E-state index in [1.807, 2.05) is 12.1 Å². The number of aromatic carboxylic acids is 1. The molecular weight excluding hydrogens is 407 g/mol. The number of aryl methyl sites for hydroxylation is 2. The van der Waals surface area contributed by atoms with Gasteiger partial charge >= 0.3 is 5.97 Å². The van der Waals surface area contributed by atoms with E-state index in [4.69, 9.17) is 0 Å². The molecule has 0 aliphatic carbocycles. The minimum absolute atomic E-state index is 0.0993. The Morgan fingerprint density at radius 1 is 0.967 bits per heavy atom. The maximum atomic E-state index is 13.1. The Kier molecular flexibility index (Phi) is 6.37. The van der Waals surface area contributed by atoms with Crippen molar-refractivity contribution in [3.8, 4) is 0 Å². The monoisotopic (exact) mass is 428 g/mol. The predicted molar refractivity (Wildman–Crippen MR) is 115 cm³/mol. The topological polar surface area (TPSA) is 95.5 Å². The maximum Gasteiger partial charge on any atom is 0.337 e. The molecule has 3 N–H and O–H groups in total. The van der Waals surface area contributed by atoms with Crippen molar-refractivity contribution in [3.63, 3.8) is 0 Å². The van der Waals surface area contributed by atoms with Crippen molar-refractivity contribution in [1.29, 1.82) is 0 Å². The van der Waals surface area contributed by atoms with Gasteiger partial charge in [-0.3, -0.25) is 4.72 Å². The van der Waals surface area contributed by atoms with E-state index in [-0.39, 0.29) is 11.4 Å². The van der Waals surface area contributed by atoms with E-state index < -0.39 is 16.0 Å². The number of nitrogens with one attached hydrogen (secondary N) is 2. The third kappa shape index (κ3) is 5.81. The molecule has 0 unspecified atom stereocenters. The zero-order valence-corrected chi connectivity index (χ0v) is 17.0. The van der Waals surface area contributed by atoms with Crippen LogP contribution >= 0.6 is 0 Å². The number of carboxylic acids is 1. The predicted octanol–water partition coefficient (Wildman–Crippen LogP) is 4.42. The van der Waals surface area contributed by atoms with E-state index in [9.17, 15) is 22.7 Å². The lowest BCUT2D eigenvalue weighted by Crippen LogP contribution is -2.11. The van der Waals surface area contributed by atoms with Gasteiger partial charge in [-0.2, -0.15) is 0 Å². The van der Waals surface area contributed by atoms with Crippen LogP contribution in [0.2, 0.25) is 0 Å². The van der Waals surface area contributed by atoms with Gasteiger partial charge in [-0.1, -0.05) is 24.3 Å². The van der Waals surface area contributed by atoms with Crippen LogP contribution in [-0.4, -0.2) is 25.7 Å². The number of anilines is 3. The lowest BCUT2D eigenvalue weighted by molar-refractivity contribution is 0.0698. The second kappa shape index (κ2) is 8.96. The second-order valence-corrected chi connectivity index (χ2v) is 8.60. The molecule has 0 fully saturated rings. The minimum Gasteiger partial charge on any atom is -0.478 e. The van der Waals surface area contributed by atoms with Crippen molar-refractivity contribution in [3.05, 3.63) is 89.2 Å². The molecular formula is C22H21FN2O4S. The highest BCUT2D eigenvalue weighted by molar-refractivity contribution is 7.92. The van der Waals surface area contributed by atoms with E-state index in [1.165, 1.54) is 30.3 Å². The molecule has 0 aliphatic rings. The summed E-state index contributed by atoms with van der Waals surface area (Å²) in [5.41, 5.74) is 3.29. The van der Waals surface area contributed by atoms with E-state index in [2.05, 4.69) is 10.0 Å². The third-order valence-corrected chi connectivity index (χ3v) is 5.02. The first-order valence-electron chi connectivity index (χ1n) is 9.16. The van der Waals surface area contributed by atoms with Crippen molar-refractivity contribution in [1.82, 2.24) is 0 Å². The molecule has 0 spiro atoms. The smallest absolute Gasteiger partial charge is 0.337 e. The van der Waals surface area contributed by atoms with Gasteiger partial charge in [0.15, 0.2) is 0 Å². The van der Waals surface area contributed by atoms with Gasteiger partial charge in [0, 0.05) is 5.69 Å². The number of para-hydroxylation sites is 1. The van der Waals surface area contributed by atoms with E-state index in [0.717, 1.165) is 17.4 Å². The first-order chi connectivity index (χ1) is 14.2. The van der Waals surface area contributed by atoms with Gasteiger partial charge in [0.25, 0.3) is 0 Å². The van der Waals surface area contributed by atoms with Crippen LogP contribution in [0.15, 0.2) is 66.7 Å². The van der Waals surface area contributed by atoms with Gasteiger partial charge in [0.1, 0.15) is 5.82 Å². The molecule has 0 atom stereocenters. The van der Waals surface area contributed by atoms with Crippen LogP contribution in [0.4, 0.5) is 21.5 Å². The highest BCUT2D eigenvalue weighted by atomic mass is 32.2. The van der Waals surface area contributed by atoms with Crippen LogP contribution < -0.4 is 10.0 Å². The van der Waals surface area contributed by atoms with E-state index in [0.29, 0.717) is 29.9 Å². The average molecular weight is 428 g/mol. The van der Waals surface area contributed by atoms with Gasteiger partial charge in [0.05, 0.1) is 23.2 Å². The standard InChI is InChI=1S/C22H21FN2O4S/c1-30(28,29)25-20-5-3-2-4-16(20)8-6-15-7-13-19(22(26)27)21(14-15)24-18-11-9-17(23)10-12-18/h2-5,7,9-14,24-25H,6,8H2,1H3,(H,26,27). The Balaban J connectivity index is 1.82. The molecule has 30 heavy (non-hydrogen) atoms. The molecule has 156 valence electrons. The van der Waals surface area contributed by atoms with Crippen LogP contribution in [-0.2, 0) is 22.9 Å². The largest absolute Gasteiger partial charge is 0.478 e. The molecule has 0 amide bonds. The Bertz CT molecular complexity index is 1160. The van der Waals surface area contributed by atoms with Gasteiger partial charge < -0.3 is 10.4 Å². The van der Waals surface area contributed by atoms with Crippen LogP contribution in [0, 0.1) is 5.82 Å². The lowest BCUT2D eigenvalue weighted by Gasteiger charge is -2.13. The average Bonchev–Trinajstić information content (AvgIpc) is 2.68. The molecule has 0 aromatic heterocycles. The molecule has 3 aromatic rings. The van der Waals surface area contributed by atoms with Crippen LogP contribution in [0.5, 0.6) is 0 Å². The molecule has 0 aliphatic heterocycles. The first kappa shape index (κ1) is 21.3. The lowest BCUT2D eigenvalue weighted by atomic mass is 10.0. The normalized spacial score (nSPS) is 11.1. The summed E-state index contributed by atoms with van der Waals surface area (Å²) in [6.45, 7) is 0. The van der Waals surface area contributed by atoms with Crippen molar-refractivity contribution in [2.75, 3.05) is 16.3 Å². The van der Waals surface area contributed by atoms with E-state index >= 15 is 0 Å². The molecule has 0 radical (unpaired) electrons. The summed E-state index contributed by atoms with van der Waals surface area (Å²) in [6, 6.07) is 17.7. The minimum atomic E-state index is -3.39. The number of carboxylic acid groups (broad SMARTS) is 1. The third-order valence-electron chi connectivity index (χ3n) is 4.43. The molecule has 0 saturated carbocycles. The fraction of sp³-hybridized carbons (Fsp3) is 0.136. The number of rotatable bonds is 8. The van der Waals surface area contributed by atoms with Crippen LogP contribution in [0.1, 0.15) is 21.5 Å². The van der Waals surface area contributed by atoms with E-state index in [1.54, 1.807) is 24.3 Å². The van der Waals surface area contributed by atoms with Crippen molar-refractivity contribution in [2.24, 2.45) is 0 Å². The fourth-order valence-corrected chi connectivity index (χ4v) is 3.64. The summed E-state index contributed by atoms with van der Waals surface area (Å²) in [6.07, 6.45) is 2.23. The molecule has 8 heteroatoms. The number of carbonyl (C=O) groups is 1. The second-order valence-electron chi connectivity index (χ2n) is 6.85. The van der Waals surface area contributed by atoms with Crippen molar-refractivity contribution in [2.45, 2.75) is 12.8 Å². The summed E-state index contributed by atoms with van der Waals surface area (Å²) in [5.74, 6) is -1.46. The van der Waals surface area contributed by atoms with Gasteiger partial charge in [0.2, 0.25) is 10.0 Å². The fourth-order valence-electron chi connectivity index (χ4n) is 3.04.